The third kappa shape index (κ3) is 5.53. The maximum atomic E-state index is 12.1. The summed E-state index contributed by atoms with van der Waals surface area (Å²) in [5, 5.41) is 0. The molecule has 218 valence electrons. The highest BCUT2D eigenvalue weighted by atomic mass is 16.5. The minimum atomic E-state index is -0.266. The molecule has 0 saturated heterocycles. The van der Waals surface area contributed by atoms with Crippen LogP contribution in [0.2, 0.25) is 0 Å². The van der Waals surface area contributed by atoms with Crippen LogP contribution in [0.25, 0.3) is 44.9 Å². The molecule has 0 saturated carbocycles. The zero-order valence-corrected chi connectivity index (χ0v) is 25.4. The van der Waals surface area contributed by atoms with Crippen molar-refractivity contribution in [2.45, 2.75) is 66.7 Å². The fourth-order valence-corrected chi connectivity index (χ4v) is 5.87. The number of rotatable bonds is 7. The topological polar surface area (TPSA) is 110 Å². The summed E-state index contributed by atoms with van der Waals surface area (Å²) in [6, 6.07) is 8.31. The highest BCUT2D eigenvalue weighted by molar-refractivity contribution is 5.94. The summed E-state index contributed by atoms with van der Waals surface area (Å²) in [6.07, 6.45) is 4.51. The molecule has 0 aliphatic carbocycles. The summed E-state index contributed by atoms with van der Waals surface area (Å²) in [5.74, 6) is -0.523. The first kappa shape index (κ1) is 29.0. The number of nitrogens with zero attached hydrogens (tertiary/aromatic N) is 2. The molecule has 8 nitrogen and oxygen atoms in total. The summed E-state index contributed by atoms with van der Waals surface area (Å²) in [6.45, 7) is 10.5. The van der Waals surface area contributed by atoms with Gasteiger partial charge >= 0.3 is 11.9 Å². The predicted octanol–water partition coefficient (Wildman–Crippen LogP) is 7.04. The molecule has 2 aliphatic rings. The SMILES string of the molecule is CCc1c(C)c2cc3[nH]c(cc4nc(cc5nc(cc1[nH]2)C(C)=C5)C(C)=C4CCC(=O)OC)c(CCC(=O)OC)c3C. The van der Waals surface area contributed by atoms with Crippen LogP contribution in [0, 0.1) is 13.8 Å². The monoisotopic (exact) mass is 566 g/mol. The smallest absolute Gasteiger partial charge is 0.305 e. The number of H-pyrrole nitrogens is 2. The quantitative estimate of drug-likeness (QED) is 0.297. The lowest BCUT2D eigenvalue weighted by Gasteiger charge is -2.04. The van der Waals surface area contributed by atoms with E-state index in [1.165, 1.54) is 25.3 Å². The Bertz CT molecular complexity index is 1820. The van der Waals surface area contributed by atoms with E-state index in [-0.39, 0.29) is 24.8 Å². The molecule has 8 bridgehead atoms. The Morgan fingerprint density at radius 1 is 0.714 bits per heavy atom. The van der Waals surface area contributed by atoms with Gasteiger partial charge in [-0.2, -0.15) is 0 Å². The van der Waals surface area contributed by atoms with Crippen molar-refractivity contribution in [2.24, 2.45) is 0 Å². The number of aromatic amines is 2. The van der Waals surface area contributed by atoms with Crippen LogP contribution in [-0.4, -0.2) is 46.1 Å². The number of methoxy groups -OCH3 is 2. The van der Waals surface area contributed by atoms with Crippen LogP contribution in [0.5, 0.6) is 0 Å². The van der Waals surface area contributed by atoms with Crippen LogP contribution in [0.1, 0.15) is 85.1 Å². The molecule has 0 radical (unpaired) electrons. The summed E-state index contributed by atoms with van der Waals surface area (Å²) in [5.41, 5.74) is 14.9. The standard InChI is InChI=1S/C34H38N4O4/c1-8-23-19(3)28-16-29-21(5)25(10-12-34(40)42-7)32(38-29)17-31-24(9-11-33(39)41-6)20(4)27(36-31)14-22-13-18(2)26(35-22)15-30(23)37-28/h13-17,37-38H,8-12H2,1-7H3. The Kier molecular flexibility index (Phi) is 8.16. The number of ether oxygens (including phenoxy) is 2. The van der Waals surface area contributed by atoms with Crippen molar-refractivity contribution in [3.05, 3.63) is 69.3 Å². The van der Waals surface area contributed by atoms with Gasteiger partial charge < -0.3 is 19.4 Å². The van der Waals surface area contributed by atoms with E-state index in [0.717, 1.165) is 79.1 Å². The van der Waals surface area contributed by atoms with Gasteiger partial charge in [0, 0.05) is 34.9 Å². The molecule has 5 rings (SSSR count). The van der Waals surface area contributed by atoms with Crippen LogP contribution in [0.3, 0.4) is 0 Å². The second kappa shape index (κ2) is 11.8. The van der Waals surface area contributed by atoms with E-state index in [4.69, 9.17) is 19.4 Å². The number of esters is 2. The van der Waals surface area contributed by atoms with Gasteiger partial charge in [-0.15, -0.1) is 0 Å². The number of allylic oxidation sites excluding steroid dienone is 3. The molecule has 2 N–H and O–H groups in total. The molecule has 8 heteroatoms. The molecular formula is C34H38N4O4. The van der Waals surface area contributed by atoms with E-state index in [1.54, 1.807) is 0 Å². The Balaban J connectivity index is 1.86. The first-order valence-electron chi connectivity index (χ1n) is 14.4. The summed E-state index contributed by atoms with van der Waals surface area (Å²) >= 11 is 0. The Labute approximate surface area is 245 Å². The zero-order chi connectivity index (χ0) is 30.1. The molecule has 0 atom stereocenters. The number of hydrogen-bond acceptors (Lipinski definition) is 6. The summed E-state index contributed by atoms with van der Waals surface area (Å²) < 4.78 is 9.87. The van der Waals surface area contributed by atoms with Crippen LogP contribution in [0.15, 0.2) is 24.3 Å². The fourth-order valence-electron chi connectivity index (χ4n) is 5.87. The normalized spacial score (nSPS) is 12.9. The molecular weight excluding hydrogens is 528 g/mol. The molecule has 0 aromatic carbocycles. The minimum Gasteiger partial charge on any atom is -0.469 e. The van der Waals surface area contributed by atoms with E-state index in [0.29, 0.717) is 12.8 Å². The lowest BCUT2D eigenvalue weighted by molar-refractivity contribution is -0.141. The van der Waals surface area contributed by atoms with Gasteiger partial charge in [-0.25, -0.2) is 9.97 Å². The highest BCUT2D eigenvalue weighted by Gasteiger charge is 2.20. The van der Waals surface area contributed by atoms with Gasteiger partial charge in [0.2, 0.25) is 0 Å². The van der Waals surface area contributed by atoms with Crippen molar-refractivity contribution in [2.75, 3.05) is 14.2 Å². The third-order valence-corrected chi connectivity index (χ3v) is 8.41. The van der Waals surface area contributed by atoms with E-state index < -0.39 is 0 Å². The molecule has 3 aromatic rings. The van der Waals surface area contributed by atoms with Crippen molar-refractivity contribution in [3.63, 3.8) is 0 Å². The van der Waals surface area contributed by atoms with E-state index in [9.17, 15) is 9.59 Å². The minimum absolute atomic E-state index is 0.252. The van der Waals surface area contributed by atoms with E-state index in [1.807, 2.05) is 19.1 Å². The molecule has 5 heterocycles. The first-order valence-corrected chi connectivity index (χ1v) is 14.4. The van der Waals surface area contributed by atoms with Crippen LogP contribution in [0.4, 0.5) is 0 Å². The molecule has 0 fully saturated rings. The van der Waals surface area contributed by atoms with Gasteiger partial charge in [-0.05, 0) is 116 Å². The van der Waals surface area contributed by atoms with Gasteiger partial charge in [0.05, 0.1) is 37.0 Å². The van der Waals surface area contributed by atoms with E-state index >= 15 is 0 Å². The second-order valence-electron chi connectivity index (χ2n) is 10.9. The predicted molar refractivity (Wildman–Crippen MR) is 167 cm³/mol. The van der Waals surface area contributed by atoms with Gasteiger partial charge in [0.25, 0.3) is 0 Å². The maximum Gasteiger partial charge on any atom is 0.305 e. The van der Waals surface area contributed by atoms with Gasteiger partial charge in [-0.1, -0.05) is 6.92 Å². The number of carbonyl (C=O) groups excluding carboxylic acids is 2. The second-order valence-corrected chi connectivity index (χ2v) is 10.9. The number of aromatic nitrogens is 4. The lowest BCUT2D eigenvalue weighted by atomic mass is 10.0. The van der Waals surface area contributed by atoms with Crippen molar-refractivity contribution in [3.8, 4) is 0 Å². The van der Waals surface area contributed by atoms with Crippen molar-refractivity contribution >= 4 is 56.8 Å². The lowest BCUT2D eigenvalue weighted by Crippen LogP contribution is -2.02. The van der Waals surface area contributed by atoms with Crippen LogP contribution in [-0.2, 0) is 31.9 Å². The largest absolute Gasteiger partial charge is 0.469 e. The molecule has 42 heavy (non-hydrogen) atoms. The van der Waals surface area contributed by atoms with Crippen molar-refractivity contribution in [1.82, 2.24) is 19.9 Å². The average Bonchev–Trinajstić information content (AvgIpc) is 3.65. The highest BCUT2D eigenvalue weighted by Crippen LogP contribution is 2.35. The summed E-state index contributed by atoms with van der Waals surface area (Å²) in [7, 11) is 2.81. The summed E-state index contributed by atoms with van der Waals surface area (Å²) in [4.78, 5) is 41.4. The van der Waals surface area contributed by atoms with Gasteiger partial charge in [-0.3, -0.25) is 9.59 Å². The molecule has 2 aliphatic heterocycles. The number of carbonyl (C=O) groups is 2. The van der Waals surface area contributed by atoms with Crippen LogP contribution >= 0.6 is 0 Å². The average molecular weight is 567 g/mol. The zero-order valence-electron chi connectivity index (χ0n) is 25.4. The van der Waals surface area contributed by atoms with Gasteiger partial charge in [0.1, 0.15) is 0 Å². The number of hydrogen-bond donors (Lipinski definition) is 2. The number of aryl methyl sites for hydroxylation is 4. The first-order chi connectivity index (χ1) is 20.1. The van der Waals surface area contributed by atoms with Crippen LogP contribution < -0.4 is 0 Å². The number of fused-ring (bicyclic) bond motifs is 8. The Hall–Kier alpha value is -4.46. The molecule has 0 unspecified atom stereocenters. The Morgan fingerprint density at radius 3 is 1.95 bits per heavy atom. The maximum absolute atomic E-state index is 12.1. The fraction of sp³-hybridized carbons (Fsp3) is 0.353. The molecule has 0 spiro atoms. The van der Waals surface area contributed by atoms with Crippen molar-refractivity contribution in [1.29, 1.82) is 0 Å². The third-order valence-electron chi connectivity index (χ3n) is 8.41. The molecule has 3 aromatic heterocycles. The van der Waals surface area contributed by atoms with Crippen molar-refractivity contribution < 1.29 is 19.1 Å². The Morgan fingerprint density at radius 2 is 1.31 bits per heavy atom. The van der Waals surface area contributed by atoms with E-state index in [2.05, 4.69) is 55.9 Å². The molecule has 0 amide bonds. The van der Waals surface area contributed by atoms with Gasteiger partial charge in [0.15, 0.2) is 0 Å². The number of nitrogens with one attached hydrogen (secondary N) is 2.